The van der Waals surface area contributed by atoms with Gasteiger partial charge in [-0.15, -0.1) is 0 Å². The Kier molecular flexibility index (Phi) is 1.42. The van der Waals surface area contributed by atoms with Crippen LogP contribution >= 0.6 is 0 Å². The zero-order chi connectivity index (χ0) is 5.11. The molecule has 0 aliphatic carbocycles. The number of carbonyl (C=O) groups excluding carboxylic acids is 1. The minimum Gasteiger partial charge on any atom is -0.306 e. The molecule has 0 aromatic heterocycles. The van der Waals surface area contributed by atoms with E-state index in [9.17, 15) is 4.79 Å². The second-order valence-electron chi connectivity index (χ2n) is 1.49. The lowest BCUT2D eigenvalue weighted by atomic mass is 10.1. The molecule has 0 aromatic carbocycles. The van der Waals surface area contributed by atoms with Crippen LogP contribution in [0.1, 0.15) is 6.42 Å². The lowest BCUT2D eigenvalue weighted by Gasteiger charge is -2.06. The molecule has 2 radical (unpaired) electrons. The van der Waals surface area contributed by atoms with Crippen LogP contribution in [0.4, 0.5) is 0 Å². The summed E-state index contributed by atoms with van der Waals surface area (Å²) < 4.78 is 0. The molecule has 7 heavy (non-hydrogen) atoms. The van der Waals surface area contributed by atoms with E-state index in [4.69, 9.17) is 0 Å². The van der Waals surface area contributed by atoms with Gasteiger partial charge in [-0.25, -0.2) is 0 Å². The van der Waals surface area contributed by atoms with Crippen LogP contribution in [0.3, 0.4) is 0 Å². The Morgan fingerprint density at radius 3 is 2.86 bits per heavy atom. The van der Waals surface area contributed by atoms with Gasteiger partial charge in [0, 0.05) is 6.42 Å². The SMILES string of the molecule is O=C1[CH]CCN[CH]1. The quantitative estimate of drug-likeness (QED) is 0.458. The molecule has 2 heteroatoms. The number of hydrogen-bond donors (Lipinski definition) is 1. The predicted molar refractivity (Wildman–Crippen MR) is 26.2 cm³/mol. The summed E-state index contributed by atoms with van der Waals surface area (Å²) in [5.41, 5.74) is 0. The van der Waals surface area contributed by atoms with Gasteiger partial charge in [0.05, 0.1) is 6.54 Å². The molecule has 1 saturated heterocycles. The third-order valence-corrected chi connectivity index (χ3v) is 0.879. The molecule has 0 bridgehead atoms. The molecule has 0 spiro atoms. The summed E-state index contributed by atoms with van der Waals surface area (Å²) in [6, 6.07) is 0. The highest BCUT2D eigenvalue weighted by atomic mass is 16.1. The maximum absolute atomic E-state index is 10.3. The van der Waals surface area contributed by atoms with Crippen LogP contribution in [0.25, 0.3) is 0 Å². The average molecular weight is 97.1 g/mol. The molecule has 0 unspecified atom stereocenters. The van der Waals surface area contributed by atoms with Crippen LogP contribution in [0.2, 0.25) is 0 Å². The fourth-order valence-corrected chi connectivity index (χ4v) is 0.529. The Morgan fingerprint density at radius 1 is 1.71 bits per heavy atom. The number of carbonyl (C=O) groups is 1. The highest BCUT2D eigenvalue weighted by Crippen LogP contribution is 1.94. The first-order valence-corrected chi connectivity index (χ1v) is 2.33. The van der Waals surface area contributed by atoms with E-state index in [0.29, 0.717) is 0 Å². The number of hydrogen-bond acceptors (Lipinski definition) is 2. The molecule has 1 heterocycles. The molecule has 38 valence electrons. The van der Waals surface area contributed by atoms with E-state index in [1.165, 1.54) is 6.54 Å². The van der Waals surface area contributed by atoms with Gasteiger partial charge in [0.1, 0.15) is 0 Å². The molecule has 2 nitrogen and oxygen atoms in total. The molecule has 0 aromatic rings. The van der Waals surface area contributed by atoms with Crippen molar-refractivity contribution < 1.29 is 4.79 Å². The summed E-state index contributed by atoms with van der Waals surface area (Å²) in [6.45, 7) is 2.40. The number of nitrogens with one attached hydrogen (secondary N) is 1. The molecular formula is C5H7NO. The first kappa shape index (κ1) is 4.78. The molecular weight excluding hydrogens is 90.1 g/mol. The fraction of sp³-hybridized carbons (Fsp3) is 0.400. The van der Waals surface area contributed by atoms with Gasteiger partial charge in [-0.1, -0.05) is 0 Å². The standard InChI is InChI=1S/C5H7NO/c7-5-2-1-3-6-4-5/h2,4,6H,1,3H2. The zero-order valence-corrected chi connectivity index (χ0v) is 3.98. The van der Waals surface area contributed by atoms with Crippen LogP contribution < -0.4 is 5.32 Å². The highest BCUT2D eigenvalue weighted by Gasteiger charge is 2.06. The lowest BCUT2D eigenvalue weighted by Crippen LogP contribution is -2.24. The second-order valence-corrected chi connectivity index (χ2v) is 1.49. The van der Waals surface area contributed by atoms with Gasteiger partial charge in [-0.2, -0.15) is 0 Å². The first-order valence-electron chi connectivity index (χ1n) is 2.33. The van der Waals surface area contributed by atoms with Crippen molar-refractivity contribution in [2.45, 2.75) is 6.42 Å². The van der Waals surface area contributed by atoms with Crippen molar-refractivity contribution in [3.63, 3.8) is 0 Å². The molecule has 1 N–H and O–H groups in total. The molecule has 1 aliphatic heterocycles. The fourth-order valence-electron chi connectivity index (χ4n) is 0.529. The van der Waals surface area contributed by atoms with Crippen LogP contribution in [-0.4, -0.2) is 12.3 Å². The van der Waals surface area contributed by atoms with Crippen molar-refractivity contribution in [1.29, 1.82) is 0 Å². The van der Waals surface area contributed by atoms with Crippen LogP contribution in [0.15, 0.2) is 0 Å². The topological polar surface area (TPSA) is 29.1 Å². The maximum atomic E-state index is 10.3. The normalized spacial score (nSPS) is 22.6. The monoisotopic (exact) mass is 97.1 g/mol. The third-order valence-electron chi connectivity index (χ3n) is 0.879. The largest absolute Gasteiger partial charge is 0.306 e. The van der Waals surface area contributed by atoms with Crippen LogP contribution in [0.5, 0.6) is 0 Å². The molecule has 1 fully saturated rings. The van der Waals surface area contributed by atoms with Crippen molar-refractivity contribution in [2.24, 2.45) is 0 Å². The van der Waals surface area contributed by atoms with Gasteiger partial charge < -0.3 is 5.32 Å². The molecule has 0 saturated carbocycles. The van der Waals surface area contributed by atoms with Crippen LogP contribution in [-0.2, 0) is 4.79 Å². The van der Waals surface area contributed by atoms with Gasteiger partial charge in [0.25, 0.3) is 0 Å². The molecule has 1 aliphatic rings. The summed E-state index contributed by atoms with van der Waals surface area (Å²) in [4.78, 5) is 10.3. The van der Waals surface area contributed by atoms with E-state index in [1.54, 1.807) is 6.42 Å². The first-order chi connectivity index (χ1) is 3.39. The molecule has 1 rings (SSSR count). The second kappa shape index (κ2) is 2.07. The van der Waals surface area contributed by atoms with Crippen molar-refractivity contribution in [1.82, 2.24) is 5.32 Å². The summed E-state index contributed by atoms with van der Waals surface area (Å²) in [6.07, 6.45) is 2.55. The number of rotatable bonds is 0. The minimum atomic E-state index is 0.103. The lowest BCUT2D eigenvalue weighted by molar-refractivity contribution is -0.113. The van der Waals surface area contributed by atoms with Gasteiger partial charge in [-0.05, 0) is 13.0 Å². The van der Waals surface area contributed by atoms with E-state index < -0.39 is 0 Å². The minimum absolute atomic E-state index is 0.103. The Balaban J connectivity index is 2.25. The van der Waals surface area contributed by atoms with Crippen molar-refractivity contribution in [3.8, 4) is 0 Å². The van der Waals surface area contributed by atoms with E-state index in [0.717, 1.165) is 13.0 Å². The average Bonchev–Trinajstić information content (AvgIpc) is 1.69. The Labute approximate surface area is 42.9 Å². The number of Topliss-reactive ketones (excluding diaryl/α,β-unsaturated/α-hetero) is 1. The van der Waals surface area contributed by atoms with E-state index in [-0.39, 0.29) is 5.78 Å². The Morgan fingerprint density at radius 2 is 2.57 bits per heavy atom. The number of ketones is 1. The zero-order valence-electron chi connectivity index (χ0n) is 3.98. The Hall–Kier alpha value is -0.370. The van der Waals surface area contributed by atoms with Crippen LogP contribution in [0, 0.1) is 13.0 Å². The summed E-state index contributed by atoms with van der Waals surface area (Å²) in [5, 5.41) is 2.83. The third kappa shape index (κ3) is 1.27. The Bertz CT molecular complexity index is 72.1. The maximum Gasteiger partial charge on any atom is 0.155 e. The van der Waals surface area contributed by atoms with Gasteiger partial charge >= 0.3 is 0 Å². The number of piperidine rings is 1. The van der Waals surface area contributed by atoms with E-state index >= 15 is 0 Å². The summed E-state index contributed by atoms with van der Waals surface area (Å²) >= 11 is 0. The van der Waals surface area contributed by atoms with Gasteiger partial charge in [0.15, 0.2) is 5.78 Å². The molecule has 0 atom stereocenters. The van der Waals surface area contributed by atoms with Crippen molar-refractivity contribution >= 4 is 5.78 Å². The predicted octanol–water partition coefficient (Wildman–Crippen LogP) is -0.0851. The van der Waals surface area contributed by atoms with E-state index in [1.807, 2.05) is 0 Å². The highest BCUT2D eigenvalue weighted by molar-refractivity contribution is 5.94. The van der Waals surface area contributed by atoms with Crippen molar-refractivity contribution in [2.75, 3.05) is 6.54 Å². The van der Waals surface area contributed by atoms with Crippen molar-refractivity contribution in [3.05, 3.63) is 13.0 Å². The molecule has 0 amide bonds. The summed E-state index contributed by atoms with van der Waals surface area (Å²) in [7, 11) is 0. The smallest absolute Gasteiger partial charge is 0.155 e. The van der Waals surface area contributed by atoms with Gasteiger partial charge in [-0.3, -0.25) is 4.79 Å². The van der Waals surface area contributed by atoms with E-state index in [2.05, 4.69) is 5.32 Å². The summed E-state index contributed by atoms with van der Waals surface area (Å²) in [5.74, 6) is 0.103. The van der Waals surface area contributed by atoms with Gasteiger partial charge in [0.2, 0.25) is 0 Å².